The first-order valence-electron chi connectivity index (χ1n) is 10.0. The van der Waals surface area contributed by atoms with Crippen LogP contribution in [0, 0.1) is 5.82 Å². The summed E-state index contributed by atoms with van der Waals surface area (Å²) in [5.41, 5.74) is -0.868. The molecule has 0 atom stereocenters. The van der Waals surface area contributed by atoms with E-state index < -0.39 is 29.5 Å². The lowest BCUT2D eigenvalue weighted by atomic mass is 10.3. The van der Waals surface area contributed by atoms with Gasteiger partial charge in [-0.3, -0.25) is 18.7 Å². The molecule has 0 aliphatic carbocycles. The molecular formula is C20H21ClFN5O3S. The molecule has 0 spiro atoms. The van der Waals surface area contributed by atoms with Crippen molar-refractivity contribution in [1.29, 1.82) is 0 Å². The smallest absolute Gasteiger partial charge is 0.333 e. The Labute approximate surface area is 185 Å². The molecule has 3 aromatic rings. The highest BCUT2D eigenvalue weighted by Crippen LogP contribution is 2.28. The Bertz CT molecular complexity index is 1260. The fraction of sp³-hybridized carbons (Fsp3) is 0.400. The zero-order valence-corrected chi connectivity index (χ0v) is 18.4. The van der Waals surface area contributed by atoms with Crippen molar-refractivity contribution in [1.82, 2.24) is 14.1 Å². The van der Waals surface area contributed by atoms with E-state index in [1.54, 1.807) is 0 Å². The highest BCUT2D eigenvalue weighted by molar-refractivity contribution is 7.22. The van der Waals surface area contributed by atoms with Crippen molar-refractivity contribution in [2.24, 2.45) is 0 Å². The first kappa shape index (κ1) is 21.5. The standard InChI is InChI=1S/C20H21ClFN5O3S/c1-2-7-26-18(29)16-17(24-19(31-16)25-8-3-4-9-25)27(20(26)30)11-15(28)23-14-6-5-12(21)10-13(14)22/h5-6,10H,2-4,7-9,11H2,1H3,(H,23,28). The van der Waals surface area contributed by atoms with Crippen LogP contribution in [0.3, 0.4) is 0 Å². The van der Waals surface area contributed by atoms with Crippen molar-refractivity contribution in [3.05, 3.63) is 49.9 Å². The molecule has 0 bridgehead atoms. The third-order valence-corrected chi connectivity index (χ3v) is 6.41. The summed E-state index contributed by atoms with van der Waals surface area (Å²) in [6.45, 7) is 3.37. The van der Waals surface area contributed by atoms with Gasteiger partial charge in [-0.15, -0.1) is 0 Å². The summed E-state index contributed by atoms with van der Waals surface area (Å²) in [7, 11) is 0. The van der Waals surface area contributed by atoms with E-state index in [-0.39, 0.29) is 22.9 Å². The van der Waals surface area contributed by atoms with Gasteiger partial charge in [0.15, 0.2) is 10.8 Å². The van der Waals surface area contributed by atoms with Gasteiger partial charge in [0.1, 0.15) is 17.1 Å². The summed E-state index contributed by atoms with van der Waals surface area (Å²) in [4.78, 5) is 45.2. The molecule has 11 heteroatoms. The average Bonchev–Trinajstić information content (AvgIpc) is 3.40. The Kier molecular flexibility index (Phi) is 6.10. The maximum atomic E-state index is 14.0. The molecule has 0 unspecified atom stereocenters. The van der Waals surface area contributed by atoms with Crippen molar-refractivity contribution in [2.45, 2.75) is 39.3 Å². The molecule has 0 radical (unpaired) electrons. The van der Waals surface area contributed by atoms with Gasteiger partial charge in [-0.1, -0.05) is 29.9 Å². The predicted octanol–water partition coefficient (Wildman–Crippen LogP) is 3.06. The van der Waals surface area contributed by atoms with Crippen molar-refractivity contribution in [3.63, 3.8) is 0 Å². The Morgan fingerprint density at radius 3 is 2.68 bits per heavy atom. The number of aromatic nitrogens is 3. The molecule has 0 saturated carbocycles. The average molecular weight is 466 g/mol. The molecule has 164 valence electrons. The molecule has 1 amide bonds. The second kappa shape index (κ2) is 8.80. The second-order valence-electron chi connectivity index (χ2n) is 7.34. The van der Waals surface area contributed by atoms with Gasteiger partial charge in [0.05, 0.1) is 5.69 Å². The van der Waals surface area contributed by atoms with E-state index in [0.29, 0.717) is 16.3 Å². The lowest BCUT2D eigenvalue weighted by Crippen LogP contribution is -2.41. The highest BCUT2D eigenvalue weighted by atomic mass is 35.5. The van der Waals surface area contributed by atoms with E-state index in [9.17, 15) is 18.8 Å². The quantitative estimate of drug-likeness (QED) is 0.604. The number of benzene rings is 1. The largest absolute Gasteiger partial charge is 0.348 e. The van der Waals surface area contributed by atoms with E-state index in [1.165, 1.54) is 28.0 Å². The molecule has 2 aromatic heterocycles. The van der Waals surface area contributed by atoms with Crippen LogP contribution in [0.15, 0.2) is 27.8 Å². The third-order valence-electron chi connectivity index (χ3n) is 5.09. The molecule has 1 aliphatic rings. The number of nitrogens with zero attached hydrogens (tertiary/aromatic N) is 4. The molecule has 8 nitrogen and oxygen atoms in total. The van der Waals surface area contributed by atoms with Gasteiger partial charge in [-0.05, 0) is 37.5 Å². The lowest BCUT2D eigenvalue weighted by molar-refractivity contribution is -0.116. The van der Waals surface area contributed by atoms with E-state index in [1.807, 2.05) is 6.92 Å². The van der Waals surface area contributed by atoms with E-state index in [0.717, 1.165) is 36.6 Å². The van der Waals surface area contributed by atoms with Crippen molar-refractivity contribution >= 4 is 50.0 Å². The van der Waals surface area contributed by atoms with Gasteiger partial charge in [0.2, 0.25) is 5.91 Å². The minimum atomic E-state index is -0.681. The number of hydrogen-bond acceptors (Lipinski definition) is 6. The van der Waals surface area contributed by atoms with E-state index in [4.69, 9.17) is 11.6 Å². The molecule has 1 aromatic carbocycles. The second-order valence-corrected chi connectivity index (χ2v) is 8.76. The maximum Gasteiger partial charge on any atom is 0.333 e. The van der Waals surface area contributed by atoms with Crippen LogP contribution in [0.1, 0.15) is 26.2 Å². The number of carbonyl (C=O) groups is 1. The minimum Gasteiger partial charge on any atom is -0.348 e. The zero-order chi connectivity index (χ0) is 22.1. The number of thiazole rings is 1. The van der Waals surface area contributed by atoms with Crippen LogP contribution in [0.25, 0.3) is 10.3 Å². The van der Waals surface area contributed by atoms with Crippen molar-refractivity contribution in [3.8, 4) is 0 Å². The monoisotopic (exact) mass is 465 g/mol. The molecular weight excluding hydrogens is 445 g/mol. The van der Waals surface area contributed by atoms with Gasteiger partial charge in [0, 0.05) is 24.7 Å². The summed E-state index contributed by atoms with van der Waals surface area (Å²) < 4.78 is 16.7. The molecule has 1 fully saturated rings. The van der Waals surface area contributed by atoms with Crippen LogP contribution in [0.2, 0.25) is 5.02 Å². The summed E-state index contributed by atoms with van der Waals surface area (Å²) in [6, 6.07) is 3.89. The SMILES string of the molecule is CCCn1c(=O)c2sc(N3CCCC3)nc2n(CC(=O)Nc2ccc(Cl)cc2F)c1=O. The molecule has 3 heterocycles. The highest BCUT2D eigenvalue weighted by Gasteiger charge is 2.23. The van der Waals surface area contributed by atoms with E-state index in [2.05, 4.69) is 15.2 Å². The fourth-order valence-corrected chi connectivity index (χ4v) is 4.83. The number of amides is 1. The van der Waals surface area contributed by atoms with Gasteiger partial charge >= 0.3 is 5.69 Å². The number of hydrogen-bond donors (Lipinski definition) is 1. The lowest BCUT2D eigenvalue weighted by Gasteiger charge is -2.12. The molecule has 1 N–H and O–H groups in total. The summed E-state index contributed by atoms with van der Waals surface area (Å²) in [5, 5.41) is 3.32. The van der Waals surface area contributed by atoms with Crippen LogP contribution in [-0.4, -0.2) is 33.1 Å². The number of anilines is 2. The van der Waals surface area contributed by atoms with Crippen LogP contribution < -0.4 is 21.5 Å². The maximum absolute atomic E-state index is 14.0. The minimum absolute atomic E-state index is 0.0448. The fourth-order valence-electron chi connectivity index (χ4n) is 3.60. The summed E-state index contributed by atoms with van der Waals surface area (Å²) >= 11 is 6.98. The number of carbonyl (C=O) groups excluding carboxylic acids is 1. The van der Waals surface area contributed by atoms with Gasteiger partial charge in [-0.25, -0.2) is 14.2 Å². The first-order chi connectivity index (χ1) is 14.9. The summed E-state index contributed by atoms with van der Waals surface area (Å²) in [6.07, 6.45) is 2.66. The Hall–Kier alpha value is -2.72. The molecule has 1 saturated heterocycles. The normalized spacial score (nSPS) is 13.8. The zero-order valence-electron chi connectivity index (χ0n) is 16.9. The Balaban J connectivity index is 1.75. The van der Waals surface area contributed by atoms with Crippen molar-refractivity contribution in [2.75, 3.05) is 23.3 Å². The van der Waals surface area contributed by atoms with Gasteiger partial charge in [-0.2, -0.15) is 0 Å². The molecule has 31 heavy (non-hydrogen) atoms. The van der Waals surface area contributed by atoms with Crippen LogP contribution >= 0.6 is 22.9 Å². The van der Waals surface area contributed by atoms with Crippen LogP contribution in [-0.2, 0) is 17.9 Å². The number of rotatable bonds is 6. The third kappa shape index (κ3) is 4.22. The van der Waals surface area contributed by atoms with E-state index >= 15 is 0 Å². The Morgan fingerprint density at radius 2 is 2.00 bits per heavy atom. The number of nitrogens with one attached hydrogen (secondary N) is 1. The van der Waals surface area contributed by atoms with Gasteiger partial charge < -0.3 is 10.2 Å². The van der Waals surface area contributed by atoms with Crippen LogP contribution in [0.5, 0.6) is 0 Å². The van der Waals surface area contributed by atoms with Crippen molar-refractivity contribution < 1.29 is 9.18 Å². The number of fused-ring (bicyclic) bond motifs is 1. The molecule has 4 rings (SSSR count). The van der Waals surface area contributed by atoms with Crippen LogP contribution in [0.4, 0.5) is 15.2 Å². The predicted molar refractivity (Wildman–Crippen MR) is 120 cm³/mol. The van der Waals surface area contributed by atoms with Gasteiger partial charge in [0.25, 0.3) is 5.56 Å². The Morgan fingerprint density at radius 1 is 1.26 bits per heavy atom. The molecule has 1 aliphatic heterocycles. The topological polar surface area (TPSA) is 89.2 Å². The number of halogens is 2. The first-order valence-corrected chi connectivity index (χ1v) is 11.2. The summed E-state index contributed by atoms with van der Waals surface area (Å²) in [5.74, 6) is -1.29.